The molecule has 0 aliphatic heterocycles. The second kappa shape index (κ2) is 7.21. The standard InChI is InChI=1S/C12H17BrFNO3S/c1-9(3-5-19(15,16)17)2-4-18-12-7-10(13)6-11(14)8-12/h6-9H,2-5H2,1H3,(H2,15,16,17). The van der Waals surface area contributed by atoms with E-state index in [0.717, 1.165) is 0 Å². The molecule has 19 heavy (non-hydrogen) atoms. The zero-order valence-electron chi connectivity index (χ0n) is 10.6. The second-order valence-electron chi connectivity index (χ2n) is 4.50. The highest BCUT2D eigenvalue weighted by molar-refractivity contribution is 9.10. The van der Waals surface area contributed by atoms with Gasteiger partial charge in [-0.05, 0) is 30.9 Å². The smallest absolute Gasteiger partial charge is 0.209 e. The predicted octanol–water partition coefficient (Wildman–Crippen LogP) is 2.67. The van der Waals surface area contributed by atoms with Crippen molar-refractivity contribution in [3.8, 4) is 5.75 Å². The lowest BCUT2D eigenvalue weighted by Gasteiger charge is -2.12. The highest BCUT2D eigenvalue weighted by Crippen LogP contribution is 2.21. The van der Waals surface area contributed by atoms with Crippen LogP contribution in [0, 0.1) is 11.7 Å². The number of benzene rings is 1. The molecule has 0 amide bonds. The highest BCUT2D eigenvalue weighted by atomic mass is 79.9. The van der Waals surface area contributed by atoms with Gasteiger partial charge in [0.25, 0.3) is 0 Å². The predicted molar refractivity (Wildman–Crippen MR) is 76.0 cm³/mol. The maximum Gasteiger partial charge on any atom is 0.209 e. The average molecular weight is 354 g/mol. The van der Waals surface area contributed by atoms with Crippen LogP contribution in [0.5, 0.6) is 5.75 Å². The summed E-state index contributed by atoms with van der Waals surface area (Å²) >= 11 is 3.18. The molecule has 7 heteroatoms. The van der Waals surface area contributed by atoms with Crippen molar-refractivity contribution < 1.29 is 17.5 Å². The summed E-state index contributed by atoms with van der Waals surface area (Å²) in [6.07, 6.45) is 1.18. The number of primary sulfonamides is 1. The van der Waals surface area contributed by atoms with Crippen LogP contribution >= 0.6 is 15.9 Å². The van der Waals surface area contributed by atoms with E-state index in [0.29, 0.717) is 29.7 Å². The van der Waals surface area contributed by atoms with Gasteiger partial charge in [-0.2, -0.15) is 0 Å². The van der Waals surface area contributed by atoms with E-state index in [-0.39, 0.29) is 17.5 Å². The van der Waals surface area contributed by atoms with Crippen molar-refractivity contribution in [1.82, 2.24) is 0 Å². The maximum atomic E-state index is 13.1. The minimum absolute atomic E-state index is 0.0281. The second-order valence-corrected chi connectivity index (χ2v) is 7.15. The van der Waals surface area contributed by atoms with Gasteiger partial charge in [0.15, 0.2) is 0 Å². The fourth-order valence-electron chi connectivity index (χ4n) is 1.50. The Morgan fingerprint density at radius 2 is 2.05 bits per heavy atom. The molecule has 0 saturated heterocycles. The third-order valence-corrected chi connectivity index (χ3v) is 3.87. The van der Waals surface area contributed by atoms with Crippen molar-refractivity contribution in [2.24, 2.45) is 11.1 Å². The number of hydrogen-bond donors (Lipinski definition) is 1. The zero-order chi connectivity index (χ0) is 14.5. The molecule has 1 aromatic rings. The van der Waals surface area contributed by atoms with Crippen LogP contribution in [0.2, 0.25) is 0 Å². The first kappa shape index (κ1) is 16.4. The lowest BCUT2D eigenvalue weighted by Crippen LogP contribution is -2.18. The van der Waals surface area contributed by atoms with Gasteiger partial charge in [0.2, 0.25) is 10.0 Å². The third-order valence-electron chi connectivity index (χ3n) is 2.61. The van der Waals surface area contributed by atoms with Crippen LogP contribution in [0.15, 0.2) is 22.7 Å². The molecule has 0 aliphatic carbocycles. The summed E-state index contributed by atoms with van der Waals surface area (Å²) in [5.41, 5.74) is 0. The van der Waals surface area contributed by atoms with E-state index in [1.807, 2.05) is 6.92 Å². The summed E-state index contributed by atoms with van der Waals surface area (Å²) in [7, 11) is -3.40. The molecule has 0 bridgehead atoms. The first-order chi connectivity index (χ1) is 8.76. The summed E-state index contributed by atoms with van der Waals surface area (Å²) in [6.45, 7) is 2.33. The van der Waals surface area contributed by atoms with Crippen LogP contribution in [0.3, 0.4) is 0 Å². The van der Waals surface area contributed by atoms with Crippen LogP contribution in [0.1, 0.15) is 19.8 Å². The number of rotatable bonds is 7. The number of hydrogen-bond acceptors (Lipinski definition) is 3. The van der Waals surface area contributed by atoms with E-state index >= 15 is 0 Å². The lowest BCUT2D eigenvalue weighted by atomic mass is 10.1. The van der Waals surface area contributed by atoms with Gasteiger partial charge in [-0.25, -0.2) is 17.9 Å². The van der Waals surface area contributed by atoms with Gasteiger partial charge in [0.05, 0.1) is 12.4 Å². The molecule has 2 N–H and O–H groups in total. The minimum Gasteiger partial charge on any atom is -0.493 e. The third kappa shape index (κ3) is 7.49. The Morgan fingerprint density at radius 3 is 2.63 bits per heavy atom. The van der Waals surface area contributed by atoms with Crippen molar-refractivity contribution in [2.75, 3.05) is 12.4 Å². The summed E-state index contributed by atoms with van der Waals surface area (Å²) in [5.74, 6) is 0.229. The summed E-state index contributed by atoms with van der Waals surface area (Å²) in [6, 6.07) is 4.33. The van der Waals surface area contributed by atoms with E-state index in [2.05, 4.69) is 15.9 Å². The normalized spacial score (nSPS) is 13.3. The van der Waals surface area contributed by atoms with Crippen molar-refractivity contribution in [3.63, 3.8) is 0 Å². The van der Waals surface area contributed by atoms with Crippen LogP contribution in [0.25, 0.3) is 0 Å². The molecule has 4 nitrogen and oxygen atoms in total. The van der Waals surface area contributed by atoms with Crippen molar-refractivity contribution in [1.29, 1.82) is 0 Å². The fourth-order valence-corrected chi connectivity index (χ4v) is 2.67. The van der Waals surface area contributed by atoms with Gasteiger partial charge in [0, 0.05) is 10.5 Å². The molecular formula is C12H17BrFNO3S. The summed E-state index contributed by atoms with van der Waals surface area (Å²) in [4.78, 5) is 0. The van der Waals surface area contributed by atoms with Crippen molar-refractivity contribution in [2.45, 2.75) is 19.8 Å². The van der Waals surface area contributed by atoms with Gasteiger partial charge in [0.1, 0.15) is 11.6 Å². The first-order valence-corrected chi connectivity index (χ1v) is 8.36. The Labute approximate surface area is 121 Å². The van der Waals surface area contributed by atoms with E-state index in [1.54, 1.807) is 6.07 Å². The molecule has 0 aromatic heterocycles. The molecule has 108 valence electrons. The summed E-state index contributed by atoms with van der Waals surface area (Å²) in [5, 5.41) is 4.93. The van der Waals surface area contributed by atoms with Gasteiger partial charge in [-0.3, -0.25) is 0 Å². The molecule has 0 spiro atoms. The Kier molecular flexibility index (Phi) is 6.22. The van der Waals surface area contributed by atoms with Gasteiger partial charge in [-0.15, -0.1) is 0 Å². The van der Waals surface area contributed by atoms with Crippen LogP contribution in [-0.4, -0.2) is 20.8 Å². The average Bonchev–Trinajstić information content (AvgIpc) is 2.24. The molecule has 0 fully saturated rings. The fraction of sp³-hybridized carbons (Fsp3) is 0.500. The molecule has 0 radical (unpaired) electrons. The summed E-state index contributed by atoms with van der Waals surface area (Å²) < 4.78 is 40.7. The Bertz CT molecular complexity index is 501. The van der Waals surface area contributed by atoms with Gasteiger partial charge >= 0.3 is 0 Å². The molecule has 0 saturated carbocycles. The topological polar surface area (TPSA) is 69.4 Å². The molecule has 0 heterocycles. The molecule has 0 aliphatic rings. The van der Waals surface area contributed by atoms with Crippen LogP contribution < -0.4 is 9.88 Å². The molecule has 1 aromatic carbocycles. The van der Waals surface area contributed by atoms with Gasteiger partial charge in [-0.1, -0.05) is 22.9 Å². The molecule has 1 rings (SSSR count). The van der Waals surface area contributed by atoms with Crippen molar-refractivity contribution in [3.05, 3.63) is 28.5 Å². The largest absolute Gasteiger partial charge is 0.493 e. The Hall–Kier alpha value is -0.660. The van der Waals surface area contributed by atoms with E-state index in [4.69, 9.17) is 9.88 Å². The number of sulfonamides is 1. The number of ether oxygens (including phenoxy) is 1. The zero-order valence-corrected chi connectivity index (χ0v) is 13.0. The molecule has 1 atom stereocenters. The molecular weight excluding hydrogens is 337 g/mol. The molecule has 1 unspecified atom stereocenters. The van der Waals surface area contributed by atoms with E-state index < -0.39 is 10.0 Å². The van der Waals surface area contributed by atoms with Gasteiger partial charge < -0.3 is 4.74 Å². The van der Waals surface area contributed by atoms with Crippen LogP contribution in [-0.2, 0) is 10.0 Å². The highest BCUT2D eigenvalue weighted by Gasteiger charge is 2.08. The minimum atomic E-state index is -3.40. The van der Waals surface area contributed by atoms with E-state index in [1.165, 1.54) is 12.1 Å². The van der Waals surface area contributed by atoms with E-state index in [9.17, 15) is 12.8 Å². The monoisotopic (exact) mass is 353 g/mol. The quantitative estimate of drug-likeness (QED) is 0.819. The lowest BCUT2D eigenvalue weighted by molar-refractivity contribution is 0.280. The maximum absolute atomic E-state index is 13.1. The first-order valence-electron chi connectivity index (χ1n) is 5.85. The Balaban J connectivity index is 2.33. The SMILES string of the molecule is CC(CCOc1cc(F)cc(Br)c1)CCS(N)(=O)=O. The number of halogens is 2. The Morgan fingerprint density at radius 1 is 1.37 bits per heavy atom. The van der Waals surface area contributed by atoms with Crippen LogP contribution in [0.4, 0.5) is 4.39 Å². The van der Waals surface area contributed by atoms with Crippen molar-refractivity contribution >= 4 is 26.0 Å². The number of nitrogens with two attached hydrogens (primary N) is 1.